The average molecular weight is 250 g/mol. The van der Waals surface area contributed by atoms with E-state index in [-0.39, 0.29) is 12.1 Å². The maximum absolute atomic E-state index is 11.8. The van der Waals surface area contributed by atoms with Gasteiger partial charge in [0.15, 0.2) is 0 Å². The fraction of sp³-hybridized carbons (Fsp3) is 0.133. The molecule has 1 aliphatic carbocycles. The lowest BCUT2D eigenvalue weighted by Crippen LogP contribution is -2.38. The minimum Gasteiger partial charge on any atom is -0.385 e. The molecule has 2 N–H and O–H groups in total. The first-order chi connectivity index (χ1) is 9.31. The number of urea groups is 1. The topological polar surface area (TPSA) is 41.1 Å². The quantitative estimate of drug-likeness (QED) is 0.790. The number of benzene rings is 2. The highest BCUT2D eigenvalue weighted by Crippen LogP contribution is 2.42. The molecule has 0 heterocycles. The number of rotatable bonds is 2. The molecule has 4 heteroatoms. The zero-order chi connectivity index (χ0) is 13.2. The molecule has 0 aliphatic heterocycles. The minimum absolute atomic E-state index is 0.0565. The Balaban J connectivity index is 2.02. The molecule has 0 saturated heterocycles. The van der Waals surface area contributed by atoms with Crippen LogP contribution in [0.25, 0.3) is 11.1 Å². The van der Waals surface area contributed by atoms with Gasteiger partial charge >= 0.3 is 6.03 Å². The molecule has 0 atom stereocenters. The highest BCUT2D eigenvalue weighted by Gasteiger charge is 2.28. The molecule has 94 valence electrons. The van der Waals surface area contributed by atoms with Crippen molar-refractivity contribution in [2.75, 3.05) is 0 Å². The van der Waals surface area contributed by atoms with Crippen molar-refractivity contribution in [1.29, 1.82) is 0 Å². The van der Waals surface area contributed by atoms with Gasteiger partial charge in [0, 0.05) is 0 Å². The van der Waals surface area contributed by atoms with Crippen LogP contribution in [0.1, 0.15) is 17.2 Å². The van der Waals surface area contributed by atoms with Crippen LogP contribution < -0.4 is 10.5 Å². The summed E-state index contributed by atoms with van der Waals surface area (Å²) in [6.45, 7) is 1.91. The summed E-state index contributed by atoms with van der Waals surface area (Å²) in [4.78, 5) is 11.8. The maximum Gasteiger partial charge on any atom is 0.303 e. The Labute approximate surface area is 113 Å². The van der Waals surface area contributed by atoms with Crippen LogP contribution in [0.15, 0.2) is 48.5 Å². The lowest BCUT2D eigenvalue weighted by molar-refractivity contribution is 0.244. The van der Waals surface area contributed by atoms with Gasteiger partial charge in [-0.2, -0.15) is 0 Å². The predicted octanol–water partition coefficient (Wildman–Crippen LogP) is 2.46. The van der Waals surface area contributed by atoms with Gasteiger partial charge in [0.1, 0.15) is 0 Å². The number of hydrogen-bond acceptors (Lipinski definition) is 1. The Morgan fingerprint density at radius 1 is 1.00 bits per heavy atom. The molecule has 0 fully saturated rings. The van der Waals surface area contributed by atoms with Crippen LogP contribution in [-0.2, 0) is 0 Å². The van der Waals surface area contributed by atoms with E-state index in [2.05, 4.69) is 34.8 Å². The van der Waals surface area contributed by atoms with Crippen molar-refractivity contribution < 1.29 is 4.79 Å². The first-order valence-corrected chi connectivity index (χ1v) is 6.54. The Hall–Kier alpha value is -2.23. The summed E-state index contributed by atoms with van der Waals surface area (Å²) in [5, 5.41) is 5.83. The molecule has 2 aromatic carbocycles. The number of hydrogen-bond donors (Lipinski definition) is 2. The number of nitrogens with one attached hydrogen (secondary N) is 2. The molecule has 0 unspecified atom stereocenters. The number of carbonyl (C=O) groups excluding carboxylic acids is 1. The van der Waals surface area contributed by atoms with E-state index in [1.54, 1.807) is 0 Å². The molecule has 1 aliphatic rings. The smallest absolute Gasteiger partial charge is 0.303 e. The van der Waals surface area contributed by atoms with Crippen molar-refractivity contribution in [2.45, 2.75) is 12.9 Å². The molecule has 19 heavy (non-hydrogen) atoms. The maximum atomic E-state index is 11.8. The molecule has 2 amide bonds. The summed E-state index contributed by atoms with van der Waals surface area (Å²) < 4.78 is 0. The summed E-state index contributed by atoms with van der Waals surface area (Å²) in [5.74, 6) is 0. The highest BCUT2D eigenvalue weighted by atomic mass is 16.2. The summed E-state index contributed by atoms with van der Waals surface area (Å²) >= 11 is 0. The zero-order valence-corrected chi connectivity index (χ0v) is 10.8. The van der Waals surface area contributed by atoms with Gasteiger partial charge in [-0.05, 0) is 22.3 Å². The van der Waals surface area contributed by atoms with Crippen LogP contribution in [0, 0.1) is 0 Å². The second-order valence-corrected chi connectivity index (χ2v) is 4.61. The third kappa shape index (κ3) is 1.99. The molecule has 0 radical (unpaired) electrons. The number of amides is 2. The zero-order valence-electron chi connectivity index (χ0n) is 10.8. The first-order valence-electron chi connectivity index (χ1n) is 6.54. The largest absolute Gasteiger partial charge is 0.385 e. The third-order valence-electron chi connectivity index (χ3n) is 3.45. The van der Waals surface area contributed by atoms with E-state index in [1.807, 2.05) is 31.1 Å². The van der Waals surface area contributed by atoms with Crippen LogP contribution in [-0.4, -0.2) is 13.4 Å². The SMILES string of the molecule is CBNC(=O)NC1c2ccccc2-c2ccccc21. The van der Waals surface area contributed by atoms with Crippen molar-refractivity contribution in [3.63, 3.8) is 0 Å². The van der Waals surface area contributed by atoms with Gasteiger partial charge in [-0.15, -0.1) is 0 Å². The van der Waals surface area contributed by atoms with Crippen molar-refractivity contribution in [2.24, 2.45) is 0 Å². The van der Waals surface area contributed by atoms with Crippen LogP contribution in [0.5, 0.6) is 0 Å². The number of fused-ring (bicyclic) bond motifs is 3. The standard InChI is InChI=1S/C15H15BN2O/c1-16-18-15(19)17-14-12-8-4-2-6-10(12)11-7-3-5-9-13(11)14/h2-9,14,16H,1H3,(H2,17,18,19). The van der Waals surface area contributed by atoms with Gasteiger partial charge in [0.25, 0.3) is 0 Å². The molecule has 0 aromatic heterocycles. The normalized spacial score (nSPS) is 12.5. The van der Waals surface area contributed by atoms with Crippen molar-refractivity contribution in [1.82, 2.24) is 10.5 Å². The lowest BCUT2D eigenvalue weighted by atomic mass is 10.0. The Kier molecular flexibility index (Phi) is 2.99. The Bertz CT molecular complexity index is 582. The van der Waals surface area contributed by atoms with Gasteiger partial charge in [0.05, 0.1) is 6.04 Å². The minimum atomic E-state index is -0.126. The first kappa shape index (κ1) is 11.8. The second kappa shape index (κ2) is 4.80. The van der Waals surface area contributed by atoms with Gasteiger partial charge in [-0.25, -0.2) is 0 Å². The predicted molar refractivity (Wildman–Crippen MR) is 78.4 cm³/mol. The van der Waals surface area contributed by atoms with Crippen molar-refractivity contribution in [3.8, 4) is 11.1 Å². The lowest BCUT2D eigenvalue weighted by Gasteiger charge is -2.16. The monoisotopic (exact) mass is 250 g/mol. The second-order valence-electron chi connectivity index (χ2n) is 4.61. The van der Waals surface area contributed by atoms with Crippen molar-refractivity contribution >= 4 is 13.4 Å². The fourth-order valence-corrected chi connectivity index (χ4v) is 2.65. The summed E-state index contributed by atoms with van der Waals surface area (Å²) in [6.07, 6.45) is 0. The van der Waals surface area contributed by atoms with Crippen LogP contribution >= 0.6 is 0 Å². The Morgan fingerprint density at radius 3 is 2.05 bits per heavy atom. The molecule has 2 aromatic rings. The molecule has 0 saturated carbocycles. The van der Waals surface area contributed by atoms with Gasteiger partial charge in [-0.1, -0.05) is 55.4 Å². The molecule has 0 spiro atoms. The van der Waals surface area contributed by atoms with Gasteiger partial charge in [-0.3, -0.25) is 4.79 Å². The summed E-state index contributed by atoms with van der Waals surface area (Å²) in [5.41, 5.74) is 4.74. The van der Waals surface area contributed by atoms with E-state index < -0.39 is 0 Å². The van der Waals surface area contributed by atoms with Crippen LogP contribution in [0.3, 0.4) is 0 Å². The molecule has 3 nitrogen and oxygen atoms in total. The van der Waals surface area contributed by atoms with E-state index >= 15 is 0 Å². The molecular formula is C15H15BN2O. The van der Waals surface area contributed by atoms with E-state index in [9.17, 15) is 4.79 Å². The van der Waals surface area contributed by atoms with Gasteiger partial charge in [0.2, 0.25) is 7.41 Å². The van der Waals surface area contributed by atoms with Crippen molar-refractivity contribution in [3.05, 3.63) is 59.7 Å². The summed E-state index contributed by atoms with van der Waals surface area (Å²) in [6, 6.07) is 16.3. The van der Waals surface area contributed by atoms with Gasteiger partial charge < -0.3 is 10.5 Å². The third-order valence-corrected chi connectivity index (χ3v) is 3.45. The van der Waals surface area contributed by atoms with E-state index in [0.717, 1.165) is 11.1 Å². The van der Waals surface area contributed by atoms with Crippen LogP contribution in [0.2, 0.25) is 6.82 Å². The van der Waals surface area contributed by atoms with Crippen LogP contribution in [0.4, 0.5) is 4.79 Å². The molecular weight excluding hydrogens is 235 g/mol. The fourth-order valence-electron chi connectivity index (χ4n) is 2.65. The van der Waals surface area contributed by atoms with E-state index in [4.69, 9.17) is 0 Å². The van der Waals surface area contributed by atoms with E-state index in [1.165, 1.54) is 11.1 Å². The number of carbonyl (C=O) groups is 1. The summed E-state index contributed by atoms with van der Waals surface area (Å²) in [7, 11) is 0.627. The molecule has 3 rings (SSSR count). The molecule has 0 bridgehead atoms. The van der Waals surface area contributed by atoms with E-state index in [0.29, 0.717) is 7.41 Å². The Morgan fingerprint density at radius 2 is 1.53 bits per heavy atom. The average Bonchev–Trinajstić information content (AvgIpc) is 2.75. The highest BCUT2D eigenvalue weighted by molar-refractivity contribution is 6.35.